The van der Waals surface area contributed by atoms with Gasteiger partial charge in [-0.25, -0.2) is 9.07 Å². The van der Waals surface area contributed by atoms with E-state index in [4.69, 9.17) is 0 Å². The minimum Gasteiger partial charge on any atom is -0.481 e. The largest absolute Gasteiger partial charge is 0.481 e. The molecule has 0 spiro atoms. The van der Waals surface area contributed by atoms with Crippen LogP contribution < -0.4 is 5.32 Å². The number of benzene rings is 1. The summed E-state index contributed by atoms with van der Waals surface area (Å²) >= 11 is 0. The lowest BCUT2D eigenvalue weighted by Crippen LogP contribution is -2.34. The number of hydrogen-bond acceptors (Lipinski definition) is 3. The number of halogens is 1. The quantitative estimate of drug-likeness (QED) is 0.815. The van der Waals surface area contributed by atoms with E-state index < -0.39 is 23.6 Å². The summed E-state index contributed by atoms with van der Waals surface area (Å²) < 4.78 is 15.0. The smallest absolute Gasteiger partial charge is 0.308 e. The van der Waals surface area contributed by atoms with Gasteiger partial charge in [0.2, 0.25) is 0 Å². The molecule has 1 atom stereocenters. The van der Waals surface area contributed by atoms with Gasteiger partial charge >= 0.3 is 5.97 Å². The van der Waals surface area contributed by atoms with Gasteiger partial charge in [-0.2, -0.15) is 5.10 Å². The van der Waals surface area contributed by atoms with E-state index in [1.54, 1.807) is 18.2 Å². The SMILES string of the molecule is CC(C)CC(CNC(=O)c1ccn(-c2ccccc2F)n1)C(=O)O. The van der Waals surface area contributed by atoms with Gasteiger partial charge in [0, 0.05) is 12.7 Å². The summed E-state index contributed by atoms with van der Waals surface area (Å²) in [6.45, 7) is 3.88. The van der Waals surface area contributed by atoms with E-state index in [0.717, 1.165) is 0 Å². The van der Waals surface area contributed by atoms with Crippen LogP contribution in [-0.4, -0.2) is 33.3 Å². The molecule has 1 aromatic heterocycles. The molecule has 0 saturated carbocycles. The van der Waals surface area contributed by atoms with Crippen LogP contribution in [0.1, 0.15) is 30.8 Å². The minimum atomic E-state index is -0.944. The van der Waals surface area contributed by atoms with Gasteiger partial charge in [0.15, 0.2) is 5.69 Å². The van der Waals surface area contributed by atoms with E-state index in [-0.39, 0.29) is 23.8 Å². The summed E-state index contributed by atoms with van der Waals surface area (Å²) in [5, 5.41) is 15.8. The second-order valence-corrected chi connectivity index (χ2v) is 5.97. The van der Waals surface area contributed by atoms with Gasteiger partial charge in [0.05, 0.1) is 5.92 Å². The molecular weight excluding hydrogens is 313 g/mol. The average molecular weight is 333 g/mol. The van der Waals surface area contributed by atoms with Crippen LogP contribution in [0.5, 0.6) is 0 Å². The Kier molecular flexibility index (Phi) is 5.68. The number of carbonyl (C=O) groups excluding carboxylic acids is 1. The lowest BCUT2D eigenvalue weighted by atomic mass is 9.97. The highest BCUT2D eigenvalue weighted by Crippen LogP contribution is 2.13. The molecule has 2 aromatic rings. The number of carboxylic acids is 1. The molecule has 1 amide bonds. The zero-order chi connectivity index (χ0) is 17.7. The monoisotopic (exact) mass is 333 g/mol. The minimum absolute atomic E-state index is 0.0267. The van der Waals surface area contributed by atoms with Crippen LogP contribution in [0, 0.1) is 17.7 Å². The summed E-state index contributed by atoms with van der Waals surface area (Å²) in [5.41, 5.74) is 0.340. The fraction of sp³-hybridized carbons (Fsp3) is 0.353. The molecule has 2 N–H and O–H groups in total. The van der Waals surface area contributed by atoms with Gasteiger partial charge in [0.25, 0.3) is 5.91 Å². The summed E-state index contributed by atoms with van der Waals surface area (Å²) in [7, 11) is 0. The highest BCUT2D eigenvalue weighted by atomic mass is 19.1. The Morgan fingerprint density at radius 3 is 2.62 bits per heavy atom. The Balaban J connectivity index is 2.03. The topological polar surface area (TPSA) is 84.2 Å². The highest BCUT2D eigenvalue weighted by Gasteiger charge is 2.20. The first-order valence-electron chi connectivity index (χ1n) is 7.70. The first-order valence-corrected chi connectivity index (χ1v) is 7.70. The van der Waals surface area contributed by atoms with Crippen LogP contribution in [0.25, 0.3) is 5.69 Å². The third kappa shape index (κ3) is 4.41. The molecule has 2 rings (SSSR count). The molecular formula is C17H20FN3O3. The van der Waals surface area contributed by atoms with Crippen LogP contribution in [0.2, 0.25) is 0 Å². The molecule has 0 saturated heterocycles. The maximum absolute atomic E-state index is 13.7. The van der Waals surface area contributed by atoms with Gasteiger partial charge in [-0.15, -0.1) is 0 Å². The van der Waals surface area contributed by atoms with Crippen molar-refractivity contribution in [2.45, 2.75) is 20.3 Å². The van der Waals surface area contributed by atoms with Crippen molar-refractivity contribution >= 4 is 11.9 Å². The second kappa shape index (κ2) is 7.72. The predicted molar refractivity (Wildman–Crippen MR) is 86.4 cm³/mol. The van der Waals surface area contributed by atoms with Gasteiger partial charge in [-0.1, -0.05) is 26.0 Å². The number of aliphatic carboxylic acids is 1. The Labute approximate surface area is 139 Å². The van der Waals surface area contributed by atoms with Crippen LogP contribution in [0.15, 0.2) is 36.5 Å². The van der Waals surface area contributed by atoms with Crippen molar-refractivity contribution in [2.24, 2.45) is 11.8 Å². The number of carboxylic acid groups (broad SMARTS) is 1. The number of carbonyl (C=O) groups is 2. The zero-order valence-corrected chi connectivity index (χ0v) is 13.6. The summed E-state index contributed by atoms with van der Waals surface area (Å²) in [4.78, 5) is 23.3. The van der Waals surface area contributed by atoms with Gasteiger partial charge in [-0.3, -0.25) is 9.59 Å². The zero-order valence-electron chi connectivity index (χ0n) is 13.6. The van der Waals surface area contributed by atoms with E-state index in [2.05, 4.69) is 10.4 Å². The van der Waals surface area contributed by atoms with E-state index in [0.29, 0.717) is 6.42 Å². The van der Waals surface area contributed by atoms with Crippen molar-refractivity contribution in [3.63, 3.8) is 0 Å². The third-order valence-electron chi connectivity index (χ3n) is 3.54. The molecule has 6 nitrogen and oxygen atoms in total. The standard InChI is InChI=1S/C17H20FN3O3/c1-11(2)9-12(17(23)24)10-19-16(22)14-7-8-21(20-14)15-6-4-3-5-13(15)18/h3-8,11-12H,9-10H2,1-2H3,(H,19,22)(H,23,24). The van der Waals surface area contributed by atoms with Crippen molar-refractivity contribution in [3.05, 3.63) is 48.0 Å². The number of nitrogens with zero attached hydrogens (tertiary/aromatic N) is 2. The van der Waals surface area contributed by atoms with E-state index in [1.807, 2.05) is 13.8 Å². The van der Waals surface area contributed by atoms with Gasteiger partial charge < -0.3 is 10.4 Å². The Morgan fingerprint density at radius 2 is 2.00 bits per heavy atom. The lowest BCUT2D eigenvalue weighted by molar-refractivity contribution is -0.142. The number of aromatic nitrogens is 2. The van der Waals surface area contributed by atoms with Crippen molar-refractivity contribution in [1.82, 2.24) is 15.1 Å². The molecule has 128 valence electrons. The number of amides is 1. The molecule has 0 aliphatic rings. The predicted octanol–water partition coefficient (Wildman–Crippen LogP) is 2.49. The third-order valence-corrected chi connectivity index (χ3v) is 3.54. The molecule has 0 radical (unpaired) electrons. The van der Waals surface area contributed by atoms with E-state index in [9.17, 15) is 19.1 Å². The summed E-state index contributed by atoms with van der Waals surface area (Å²) in [6, 6.07) is 7.55. The first-order chi connectivity index (χ1) is 11.4. The van der Waals surface area contributed by atoms with E-state index in [1.165, 1.54) is 23.0 Å². The normalized spacial score (nSPS) is 12.2. The Hall–Kier alpha value is -2.70. The van der Waals surface area contributed by atoms with Crippen LogP contribution >= 0.6 is 0 Å². The molecule has 0 aliphatic heterocycles. The molecule has 0 aliphatic carbocycles. The van der Waals surface area contributed by atoms with Crippen LogP contribution in [-0.2, 0) is 4.79 Å². The fourth-order valence-corrected chi connectivity index (χ4v) is 2.36. The first kappa shape index (κ1) is 17.7. The summed E-state index contributed by atoms with van der Waals surface area (Å²) in [6.07, 6.45) is 1.95. The summed E-state index contributed by atoms with van der Waals surface area (Å²) in [5.74, 6) is -2.32. The Morgan fingerprint density at radius 1 is 1.29 bits per heavy atom. The molecule has 1 aromatic carbocycles. The molecule has 0 fully saturated rings. The fourth-order valence-electron chi connectivity index (χ4n) is 2.36. The number of rotatable bonds is 7. The van der Waals surface area contributed by atoms with Crippen LogP contribution in [0.3, 0.4) is 0 Å². The Bertz CT molecular complexity index is 727. The number of para-hydroxylation sites is 1. The van der Waals surface area contributed by atoms with Crippen molar-refractivity contribution in [2.75, 3.05) is 6.54 Å². The molecule has 0 bridgehead atoms. The number of nitrogens with one attached hydrogen (secondary N) is 1. The highest BCUT2D eigenvalue weighted by molar-refractivity contribution is 5.92. The molecule has 1 unspecified atom stereocenters. The van der Waals surface area contributed by atoms with Gasteiger partial charge in [0.1, 0.15) is 11.5 Å². The molecule has 24 heavy (non-hydrogen) atoms. The maximum atomic E-state index is 13.7. The maximum Gasteiger partial charge on any atom is 0.308 e. The molecule has 7 heteroatoms. The van der Waals surface area contributed by atoms with Crippen LogP contribution in [0.4, 0.5) is 4.39 Å². The van der Waals surface area contributed by atoms with Crippen molar-refractivity contribution < 1.29 is 19.1 Å². The molecule has 1 heterocycles. The van der Waals surface area contributed by atoms with E-state index >= 15 is 0 Å². The second-order valence-electron chi connectivity index (χ2n) is 5.97. The lowest BCUT2D eigenvalue weighted by Gasteiger charge is -2.14. The number of hydrogen-bond donors (Lipinski definition) is 2. The van der Waals surface area contributed by atoms with Gasteiger partial charge in [-0.05, 0) is 30.5 Å². The van der Waals surface area contributed by atoms with Crippen molar-refractivity contribution in [1.29, 1.82) is 0 Å². The van der Waals surface area contributed by atoms with Crippen molar-refractivity contribution in [3.8, 4) is 5.69 Å². The average Bonchev–Trinajstić information content (AvgIpc) is 3.00.